The average molecular weight is 204 g/mol. The molecule has 0 atom stereocenters. The second kappa shape index (κ2) is 3.62. The van der Waals surface area contributed by atoms with Crippen LogP contribution in [-0.4, -0.2) is 14.9 Å². The van der Waals surface area contributed by atoms with E-state index in [1.165, 1.54) is 0 Å². The van der Waals surface area contributed by atoms with E-state index in [0.717, 1.165) is 5.69 Å². The second-order valence-corrected chi connectivity index (χ2v) is 3.20. The fourth-order valence-electron chi connectivity index (χ4n) is 1.38. The van der Waals surface area contributed by atoms with E-state index in [9.17, 15) is 5.11 Å². The summed E-state index contributed by atoms with van der Waals surface area (Å²) in [6, 6.07) is 8.43. The number of anilines is 1. The molecule has 2 aromatic rings. The Morgan fingerprint density at radius 1 is 1.33 bits per heavy atom. The molecule has 0 aliphatic carbocycles. The van der Waals surface area contributed by atoms with Gasteiger partial charge in [-0.3, -0.25) is 0 Å². The molecule has 0 radical (unpaired) electrons. The Balaban J connectivity index is 2.48. The van der Waals surface area contributed by atoms with Crippen LogP contribution in [0.3, 0.4) is 0 Å². The van der Waals surface area contributed by atoms with Gasteiger partial charge >= 0.3 is 0 Å². The quantitative estimate of drug-likeness (QED) is 0.668. The van der Waals surface area contributed by atoms with Crippen molar-refractivity contribution < 1.29 is 5.11 Å². The first-order chi connectivity index (χ1) is 7.20. The Morgan fingerprint density at radius 3 is 2.73 bits per heavy atom. The number of aromatic hydroxyl groups is 1. The maximum atomic E-state index is 9.32. The van der Waals surface area contributed by atoms with Crippen molar-refractivity contribution in [1.29, 1.82) is 0 Å². The van der Waals surface area contributed by atoms with Crippen molar-refractivity contribution in [3.8, 4) is 11.4 Å². The van der Waals surface area contributed by atoms with Crippen LogP contribution in [0.4, 0.5) is 5.82 Å². The lowest BCUT2D eigenvalue weighted by molar-refractivity contribution is 0.475. The van der Waals surface area contributed by atoms with Crippen LogP contribution in [0, 0.1) is 0 Å². The van der Waals surface area contributed by atoms with Gasteiger partial charge in [0.15, 0.2) is 0 Å². The van der Waals surface area contributed by atoms with Crippen LogP contribution < -0.4 is 11.5 Å². The predicted octanol–water partition coefficient (Wildman–Crippen LogP) is 0.619. The summed E-state index contributed by atoms with van der Waals surface area (Å²) in [5.74, 6) is 0.678. The molecule has 1 aromatic heterocycles. The maximum absolute atomic E-state index is 9.32. The molecule has 0 spiro atoms. The molecule has 5 heteroatoms. The summed E-state index contributed by atoms with van der Waals surface area (Å²) in [6.45, 7) is 0.343. The van der Waals surface area contributed by atoms with Crippen molar-refractivity contribution in [1.82, 2.24) is 9.78 Å². The molecule has 0 bridgehead atoms. The molecule has 0 saturated heterocycles. The molecule has 15 heavy (non-hydrogen) atoms. The maximum Gasteiger partial charge on any atom is 0.127 e. The van der Waals surface area contributed by atoms with Crippen molar-refractivity contribution in [2.45, 2.75) is 6.54 Å². The third-order valence-corrected chi connectivity index (χ3v) is 2.07. The van der Waals surface area contributed by atoms with E-state index in [0.29, 0.717) is 18.1 Å². The van der Waals surface area contributed by atoms with Crippen LogP contribution in [0.15, 0.2) is 30.3 Å². The highest BCUT2D eigenvalue weighted by atomic mass is 16.3. The standard InChI is InChI=1S/C10H12N4O/c11-6-7-4-10(12)14(13-7)8-2-1-3-9(15)5-8/h1-5,15H,6,11-12H2. The minimum absolute atomic E-state index is 0.177. The largest absolute Gasteiger partial charge is 0.508 e. The molecular weight excluding hydrogens is 192 g/mol. The van der Waals surface area contributed by atoms with Crippen molar-refractivity contribution >= 4 is 5.82 Å². The minimum Gasteiger partial charge on any atom is -0.508 e. The van der Waals surface area contributed by atoms with E-state index in [2.05, 4.69) is 5.10 Å². The van der Waals surface area contributed by atoms with Gasteiger partial charge in [0.1, 0.15) is 11.6 Å². The Bertz CT molecular complexity index is 478. The average Bonchev–Trinajstić information content (AvgIpc) is 2.60. The monoisotopic (exact) mass is 204 g/mol. The fourth-order valence-corrected chi connectivity index (χ4v) is 1.38. The van der Waals surface area contributed by atoms with Gasteiger partial charge < -0.3 is 16.6 Å². The van der Waals surface area contributed by atoms with Crippen molar-refractivity contribution in [3.05, 3.63) is 36.0 Å². The summed E-state index contributed by atoms with van der Waals surface area (Å²) in [5.41, 5.74) is 12.7. The van der Waals surface area contributed by atoms with E-state index < -0.39 is 0 Å². The van der Waals surface area contributed by atoms with Gasteiger partial charge in [0, 0.05) is 18.7 Å². The van der Waals surface area contributed by atoms with E-state index >= 15 is 0 Å². The van der Waals surface area contributed by atoms with Gasteiger partial charge in [-0.1, -0.05) is 6.07 Å². The number of nitrogens with zero attached hydrogens (tertiary/aromatic N) is 2. The molecule has 5 nitrogen and oxygen atoms in total. The van der Waals surface area contributed by atoms with E-state index in [-0.39, 0.29) is 5.75 Å². The molecule has 1 aromatic carbocycles. The number of nitrogens with two attached hydrogens (primary N) is 2. The van der Waals surface area contributed by atoms with E-state index in [1.807, 2.05) is 6.07 Å². The molecule has 0 saturated carbocycles. The fraction of sp³-hybridized carbons (Fsp3) is 0.100. The summed E-state index contributed by atoms with van der Waals surface area (Å²) in [5, 5.41) is 13.5. The number of rotatable bonds is 2. The van der Waals surface area contributed by atoms with Crippen LogP contribution in [0.25, 0.3) is 5.69 Å². The highest BCUT2D eigenvalue weighted by Gasteiger charge is 2.05. The molecule has 0 aliphatic rings. The van der Waals surface area contributed by atoms with Crippen LogP contribution in [0.1, 0.15) is 5.69 Å². The van der Waals surface area contributed by atoms with Crippen LogP contribution in [0.5, 0.6) is 5.75 Å². The first-order valence-electron chi connectivity index (χ1n) is 4.54. The molecule has 0 unspecified atom stereocenters. The van der Waals surface area contributed by atoms with Gasteiger partial charge in [-0.05, 0) is 12.1 Å². The van der Waals surface area contributed by atoms with Crippen LogP contribution in [-0.2, 0) is 6.54 Å². The van der Waals surface area contributed by atoms with Gasteiger partial charge in [0.2, 0.25) is 0 Å². The molecule has 0 fully saturated rings. The van der Waals surface area contributed by atoms with Gasteiger partial charge in [-0.25, -0.2) is 4.68 Å². The second-order valence-electron chi connectivity index (χ2n) is 3.20. The zero-order valence-corrected chi connectivity index (χ0v) is 8.09. The molecular formula is C10H12N4O. The molecule has 0 aliphatic heterocycles. The highest BCUT2D eigenvalue weighted by molar-refractivity contribution is 5.45. The molecule has 0 amide bonds. The van der Waals surface area contributed by atoms with Crippen LogP contribution in [0.2, 0.25) is 0 Å². The number of hydrogen-bond acceptors (Lipinski definition) is 4. The lowest BCUT2D eigenvalue weighted by Gasteiger charge is -2.03. The summed E-state index contributed by atoms with van der Waals surface area (Å²) in [6.07, 6.45) is 0. The third-order valence-electron chi connectivity index (χ3n) is 2.07. The van der Waals surface area contributed by atoms with Gasteiger partial charge in [0.05, 0.1) is 11.4 Å². The van der Waals surface area contributed by atoms with Gasteiger partial charge in [0.25, 0.3) is 0 Å². The highest BCUT2D eigenvalue weighted by Crippen LogP contribution is 2.18. The Labute approximate surface area is 86.9 Å². The topological polar surface area (TPSA) is 90.1 Å². The summed E-state index contributed by atoms with van der Waals surface area (Å²) < 4.78 is 1.54. The Kier molecular flexibility index (Phi) is 2.31. The number of nitrogen functional groups attached to an aromatic ring is 1. The minimum atomic E-state index is 0.177. The van der Waals surface area contributed by atoms with Crippen molar-refractivity contribution in [2.24, 2.45) is 5.73 Å². The SMILES string of the molecule is NCc1cc(N)n(-c2cccc(O)c2)n1. The summed E-state index contributed by atoms with van der Waals surface area (Å²) in [4.78, 5) is 0. The number of aromatic nitrogens is 2. The zero-order chi connectivity index (χ0) is 10.8. The normalized spacial score (nSPS) is 10.5. The van der Waals surface area contributed by atoms with Crippen LogP contribution >= 0.6 is 0 Å². The predicted molar refractivity (Wildman–Crippen MR) is 57.5 cm³/mol. The smallest absolute Gasteiger partial charge is 0.127 e. The number of phenolic OH excluding ortho intramolecular Hbond substituents is 1. The number of hydrogen-bond donors (Lipinski definition) is 3. The van der Waals surface area contributed by atoms with E-state index in [1.54, 1.807) is 28.9 Å². The number of phenols is 1. The molecule has 2 rings (SSSR count). The summed E-state index contributed by atoms with van der Waals surface area (Å²) >= 11 is 0. The Morgan fingerprint density at radius 2 is 2.13 bits per heavy atom. The molecule has 5 N–H and O–H groups in total. The zero-order valence-electron chi connectivity index (χ0n) is 8.09. The summed E-state index contributed by atoms with van der Waals surface area (Å²) in [7, 11) is 0. The third kappa shape index (κ3) is 1.77. The lowest BCUT2D eigenvalue weighted by atomic mass is 10.3. The number of benzene rings is 1. The van der Waals surface area contributed by atoms with E-state index in [4.69, 9.17) is 11.5 Å². The van der Waals surface area contributed by atoms with Gasteiger partial charge in [-0.2, -0.15) is 5.10 Å². The van der Waals surface area contributed by atoms with Crippen molar-refractivity contribution in [3.63, 3.8) is 0 Å². The van der Waals surface area contributed by atoms with Gasteiger partial charge in [-0.15, -0.1) is 0 Å². The Hall–Kier alpha value is -2.01. The lowest BCUT2D eigenvalue weighted by Crippen LogP contribution is -2.02. The van der Waals surface area contributed by atoms with Crippen molar-refractivity contribution in [2.75, 3.05) is 5.73 Å². The molecule has 78 valence electrons. The first kappa shape index (κ1) is 9.54. The first-order valence-corrected chi connectivity index (χ1v) is 4.54. The molecule has 1 heterocycles.